The van der Waals surface area contributed by atoms with Crippen LogP contribution in [0.15, 0.2) is 41.3 Å². The van der Waals surface area contributed by atoms with Gasteiger partial charge in [-0.05, 0) is 49.4 Å². The molecule has 0 unspecified atom stereocenters. The highest BCUT2D eigenvalue weighted by Gasteiger charge is 2.45. The van der Waals surface area contributed by atoms with E-state index >= 15 is 0 Å². The number of benzene rings is 1. The number of likely N-dealkylation sites (tertiary alicyclic amines) is 1. The third kappa shape index (κ3) is 3.62. The molecule has 0 N–H and O–H groups in total. The van der Waals surface area contributed by atoms with E-state index < -0.39 is 0 Å². The smallest absolute Gasteiger partial charge is 0.274 e. The van der Waals surface area contributed by atoms with E-state index in [-0.39, 0.29) is 17.1 Å². The van der Waals surface area contributed by atoms with Crippen LogP contribution in [0.1, 0.15) is 48.4 Å². The molecule has 1 amide bonds. The van der Waals surface area contributed by atoms with Crippen LogP contribution in [-0.4, -0.2) is 43.6 Å². The molecule has 7 nitrogen and oxygen atoms in total. The zero-order valence-corrected chi connectivity index (χ0v) is 16.9. The lowest BCUT2D eigenvalue weighted by molar-refractivity contribution is 0.0640. The van der Waals surface area contributed by atoms with Gasteiger partial charge >= 0.3 is 0 Å². The number of hydrogen-bond acceptors (Lipinski definition) is 5. The molecule has 0 bridgehead atoms. The van der Waals surface area contributed by atoms with Crippen molar-refractivity contribution in [2.75, 3.05) is 13.1 Å². The first kappa shape index (κ1) is 19.0. The fourth-order valence-electron chi connectivity index (χ4n) is 4.37. The van der Waals surface area contributed by atoms with Crippen molar-refractivity contribution < 1.29 is 13.7 Å². The Kier molecular flexibility index (Phi) is 4.64. The van der Waals surface area contributed by atoms with Gasteiger partial charge in [-0.1, -0.05) is 18.0 Å². The minimum absolute atomic E-state index is 0.0317. The summed E-state index contributed by atoms with van der Waals surface area (Å²) in [5, 5.41) is 4.32. The van der Waals surface area contributed by atoms with Gasteiger partial charge in [0.15, 0.2) is 5.82 Å². The van der Waals surface area contributed by atoms with Gasteiger partial charge < -0.3 is 14.0 Å². The number of aromatic nitrogens is 4. The van der Waals surface area contributed by atoms with Crippen LogP contribution in [0.2, 0.25) is 0 Å². The standard InChI is InChI=1S/C22H24FN5O2/c1-27-13-18(24-14-27)20(29)28-10-8-22(9-11-28,12-15-2-3-15)21-25-19(30-26-21)16-4-6-17(23)7-5-16/h4-7,13-15H,2-3,8-12H2,1H3. The molecule has 1 saturated heterocycles. The van der Waals surface area contributed by atoms with E-state index in [4.69, 9.17) is 9.51 Å². The first-order valence-electron chi connectivity index (χ1n) is 10.4. The Morgan fingerprint density at radius 1 is 1.23 bits per heavy atom. The Hall–Kier alpha value is -3.03. The average Bonchev–Trinajstić information content (AvgIpc) is 3.24. The summed E-state index contributed by atoms with van der Waals surface area (Å²) in [4.78, 5) is 23.5. The highest BCUT2D eigenvalue weighted by Crippen LogP contribution is 2.47. The van der Waals surface area contributed by atoms with Gasteiger partial charge in [0, 0.05) is 37.3 Å². The molecule has 0 radical (unpaired) electrons. The topological polar surface area (TPSA) is 77.0 Å². The Bertz CT molecular complexity index is 1050. The van der Waals surface area contributed by atoms with Crippen molar-refractivity contribution >= 4 is 5.91 Å². The van der Waals surface area contributed by atoms with Crippen molar-refractivity contribution in [3.05, 3.63) is 54.1 Å². The third-order valence-electron chi connectivity index (χ3n) is 6.30. The lowest BCUT2D eigenvalue weighted by Crippen LogP contribution is -2.46. The summed E-state index contributed by atoms with van der Waals surface area (Å²) in [6, 6.07) is 6.07. The van der Waals surface area contributed by atoms with Gasteiger partial charge in [-0.25, -0.2) is 9.37 Å². The number of amides is 1. The predicted octanol–water partition coefficient (Wildman–Crippen LogP) is 3.58. The van der Waals surface area contributed by atoms with Gasteiger partial charge in [-0.3, -0.25) is 4.79 Å². The van der Waals surface area contributed by atoms with Crippen LogP contribution in [0.3, 0.4) is 0 Å². The molecule has 2 fully saturated rings. The molecular formula is C22H24FN5O2. The Morgan fingerprint density at radius 3 is 2.60 bits per heavy atom. The molecule has 1 aromatic carbocycles. The summed E-state index contributed by atoms with van der Waals surface area (Å²) in [6.45, 7) is 1.28. The number of piperidine rings is 1. The van der Waals surface area contributed by atoms with E-state index in [0.29, 0.717) is 42.0 Å². The number of rotatable bonds is 5. The molecule has 0 spiro atoms. The van der Waals surface area contributed by atoms with Crippen LogP contribution in [0.25, 0.3) is 11.5 Å². The lowest BCUT2D eigenvalue weighted by Gasteiger charge is -2.39. The minimum Gasteiger partial charge on any atom is -0.340 e. The maximum Gasteiger partial charge on any atom is 0.274 e. The molecule has 0 atom stereocenters. The van der Waals surface area contributed by atoms with Crippen LogP contribution in [0.5, 0.6) is 0 Å². The summed E-state index contributed by atoms with van der Waals surface area (Å²) in [5.41, 5.74) is 0.994. The second-order valence-corrected chi connectivity index (χ2v) is 8.57. The van der Waals surface area contributed by atoms with E-state index in [9.17, 15) is 9.18 Å². The van der Waals surface area contributed by atoms with Crippen molar-refractivity contribution in [2.24, 2.45) is 13.0 Å². The molecule has 5 rings (SSSR count). The Morgan fingerprint density at radius 2 is 1.97 bits per heavy atom. The summed E-state index contributed by atoms with van der Waals surface area (Å²) < 4.78 is 20.6. The molecular weight excluding hydrogens is 385 g/mol. The fourth-order valence-corrected chi connectivity index (χ4v) is 4.37. The number of hydrogen-bond donors (Lipinski definition) is 0. The monoisotopic (exact) mass is 409 g/mol. The maximum absolute atomic E-state index is 13.2. The van der Waals surface area contributed by atoms with Crippen molar-refractivity contribution in [3.8, 4) is 11.5 Å². The lowest BCUT2D eigenvalue weighted by atomic mass is 9.73. The highest BCUT2D eigenvalue weighted by atomic mass is 19.1. The molecule has 2 aliphatic rings. The quantitative estimate of drug-likeness (QED) is 0.644. The van der Waals surface area contributed by atoms with Crippen LogP contribution in [0, 0.1) is 11.7 Å². The van der Waals surface area contributed by atoms with E-state index in [2.05, 4.69) is 10.1 Å². The molecule has 2 aromatic heterocycles. The van der Waals surface area contributed by atoms with Gasteiger partial charge in [-0.15, -0.1) is 0 Å². The number of aryl methyl sites for hydroxylation is 1. The molecule has 1 saturated carbocycles. The number of imidazole rings is 1. The van der Waals surface area contributed by atoms with Crippen molar-refractivity contribution in [2.45, 2.75) is 37.5 Å². The van der Waals surface area contributed by atoms with Gasteiger partial charge in [0.05, 0.1) is 6.33 Å². The molecule has 1 aliphatic carbocycles. The molecule has 8 heteroatoms. The van der Waals surface area contributed by atoms with E-state index in [1.807, 2.05) is 11.9 Å². The zero-order chi connectivity index (χ0) is 20.7. The second-order valence-electron chi connectivity index (χ2n) is 8.57. The fraction of sp³-hybridized carbons (Fsp3) is 0.455. The second kappa shape index (κ2) is 7.34. The SMILES string of the molecule is Cn1cnc(C(=O)N2CCC(CC3CC3)(c3noc(-c4ccc(F)cc4)n3)CC2)c1. The zero-order valence-electron chi connectivity index (χ0n) is 16.9. The summed E-state index contributed by atoms with van der Waals surface area (Å²) in [7, 11) is 1.86. The first-order valence-corrected chi connectivity index (χ1v) is 10.4. The van der Waals surface area contributed by atoms with E-state index in [1.54, 1.807) is 29.2 Å². The van der Waals surface area contributed by atoms with Gasteiger partial charge in [0.25, 0.3) is 11.8 Å². The van der Waals surface area contributed by atoms with Crippen molar-refractivity contribution in [3.63, 3.8) is 0 Å². The number of carbonyl (C=O) groups is 1. The van der Waals surface area contributed by atoms with Crippen molar-refractivity contribution in [1.29, 1.82) is 0 Å². The largest absolute Gasteiger partial charge is 0.340 e. The average molecular weight is 409 g/mol. The molecule has 1 aliphatic heterocycles. The van der Waals surface area contributed by atoms with Crippen LogP contribution in [-0.2, 0) is 12.5 Å². The number of halogens is 1. The third-order valence-corrected chi connectivity index (χ3v) is 6.30. The first-order chi connectivity index (χ1) is 14.5. The van der Waals surface area contributed by atoms with Gasteiger partial charge in [0.1, 0.15) is 11.5 Å². The van der Waals surface area contributed by atoms with Gasteiger partial charge in [0.2, 0.25) is 0 Å². The maximum atomic E-state index is 13.2. The normalized spacial score (nSPS) is 18.5. The highest BCUT2D eigenvalue weighted by molar-refractivity contribution is 5.92. The summed E-state index contributed by atoms with van der Waals surface area (Å²) >= 11 is 0. The molecule has 3 heterocycles. The molecule has 156 valence electrons. The molecule has 30 heavy (non-hydrogen) atoms. The summed E-state index contributed by atoms with van der Waals surface area (Å²) in [6.07, 6.45) is 8.48. The van der Waals surface area contributed by atoms with Crippen LogP contribution < -0.4 is 0 Å². The summed E-state index contributed by atoms with van der Waals surface area (Å²) in [5.74, 6) is 1.48. The van der Waals surface area contributed by atoms with Gasteiger partial charge in [-0.2, -0.15) is 4.98 Å². The predicted molar refractivity (Wildman–Crippen MR) is 107 cm³/mol. The minimum atomic E-state index is -0.298. The van der Waals surface area contributed by atoms with E-state index in [1.165, 1.54) is 25.0 Å². The van der Waals surface area contributed by atoms with Crippen molar-refractivity contribution in [1.82, 2.24) is 24.6 Å². The van der Waals surface area contributed by atoms with E-state index in [0.717, 1.165) is 19.3 Å². The van der Waals surface area contributed by atoms with Crippen LogP contribution >= 0.6 is 0 Å². The Balaban J connectivity index is 1.36. The Labute approximate surface area is 173 Å². The van der Waals surface area contributed by atoms with Crippen LogP contribution in [0.4, 0.5) is 4.39 Å². The molecule has 3 aromatic rings. The number of nitrogens with zero attached hydrogens (tertiary/aromatic N) is 5. The number of carbonyl (C=O) groups excluding carboxylic acids is 1.